The standard InChI is InChI=1S/C17H22N4O3/c1-22-9-13-8-21(20-19-13)15-11-24-16-14(10-23-17(15)16)18-7-12-5-3-2-4-6-12/h2-6,8,14-18H,7,9-11H2,1H3/t14-,15+,16-,17+/m0/s1. The lowest BCUT2D eigenvalue weighted by atomic mass is 10.1. The molecule has 24 heavy (non-hydrogen) atoms. The summed E-state index contributed by atoms with van der Waals surface area (Å²) in [6.07, 6.45) is 1.97. The Hall–Kier alpha value is -1.80. The molecule has 2 aliphatic rings. The minimum atomic E-state index is 0.00960. The first kappa shape index (κ1) is 15.7. The van der Waals surface area contributed by atoms with Crippen LogP contribution in [0.5, 0.6) is 0 Å². The van der Waals surface area contributed by atoms with Gasteiger partial charge >= 0.3 is 0 Å². The maximum atomic E-state index is 6.01. The average molecular weight is 330 g/mol. The maximum absolute atomic E-state index is 6.01. The summed E-state index contributed by atoms with van der Waals surface area (Å²) in [5.41, 5.74) is 2.08. The van der Waals surface area contributed by atoms with Gasteiger partial charge in [-0.25, -0.2) is 4.68 Å². The second-order valence-corrected chi connectivity index (χ2v) is 6.26. The maximum Gasteiger partial charge on any atom is 0.110 e. The number of hydrogen-bond acceptors (Lipinski definition) is 6. The number of fused-ring (bicyclic) bond motifs is 1. The van der Waals surface area contributed by atoms with Crippen LogP contribution in [0.25, 0.3) is 0 Å². The van der Waals surface area contributed by atoms with E-state index in [-0.39, 0.29) is 24.3 Å². The van der Waals surface area contributed by atoms with Crippen LogP contribution >= 0.6 is 0 Å². The van der Waals surface area contributed by atoms with Gasteiger partial charge in [0.15, 0.2) is 0 Å². The van der Waals surface area contributed by atoms with Crippen LogP contribution in [0.4, 0.5) is 0 Å². The number of benzene rings is 1. The largest absolute Gasteiger partial charge is 0.378 e. The van der Waals surface area contributed by atoms with Gasteiger partial charge in [-0.2, -0.15) is 0 Å². The first-order valence-electron chi connectivity index (χ1n) is 8.25. The van der Waals surface area contributed by atoms with Crippen LogP contribution in [-0.4, -0.2) is 53.6 Å². The van der Waals surface area contributed by atoms with Crippen LogP contribution in [0.1, 0.15) is 17.3 Å². The van der Waals surface area contributed by atoms with Crippen molar-refractivity contribution >= 4 is 0 Å². The topological polar surface area (TPSA) is 70.4 Å². The van der Waals surface area contributed by atoms with Gasteiger partial charge in [0.25, 0.3) is 0 Å². The number of methoxy groups -OCH3 is 1. The Kier molecular flexibility index (Phi) is 4.57. The van der Waals surface area contributed by atoms with Gasteiger partial charge in [-0.1, -0.05) is 35.5 Å². The third-order valence-corrected chi connectivity index (χ3v) is 4.63. The van der Waals surface area contributed by atoms with Gasteiger partial charge in [-0.05, 0) is 5.56 Å². The highest BCUT2D eigenvalue weighted by atomic mass is 16.6. The van der Waals surface area contributed by atoms with E-state index in [1.165, 1.54) is 5.56 Å². The molecule has 4 atom stereocenters. The summed E-state index contributed by atoms with van der Waals surface area (Å²) in [6.45, 7) is 2.52. The van der Waals surface area contributed by atoms with Crippen molar-refractivity contribution in [1.82, 2.24) is 20.3 Å². The molecule has 0 amide bonds. The van der Waals surface area contributed by atoms with Gasteiger partial charge in [0, 0.05) is 13.7 Å². The molecule has 2 saturated heterocycles. The van der Waals surface area contributed by atoms with E-state index in [0.29, 0.717) is 19.8 Å². The van der Waals surface area contributed by atoms with Gasteiger partial charge in [0.1, 0.15) is 23.9 Å². The highest BCUT2D eigenvalue weighted by Gasteiger charge is 2.48. The van der Waals surface area contributed by atoms with Crippen LogP contribution in [0, 0.1) is 0 Å². The van der Waals surface area contributed by atoms with E-state index < -0.39 is 0 Å². The van der Waals surface area contributed by atoms with Crippen molar-refractivity contribution in [2.75, 3.05) is 20.3 Å². The lowest BCUT2D eigenvalue weighted by Crippen LogP contribution is -2.40. The van der Waals surface area contributed by atoms with Crippen molar-refractivity contribution in [3.63, 3.8) is 0 Å². The Balaban J connectivity index is 1.38. The van der Waals surface area contributed by atoms with Crippen LogP contribution in [-0.2, 0) is 27.4 Å². The first-order chi connectivity index (χ1) is 11.8. The van der Waals surface area contributed by atoms with E-state index >= 15 is 0 Å². The molecular formula is C17H22N4O3. The molecule has 2 fully saturated rings. The summed E-state index contributed by atoms with van der Waals surface area (Å²) in [4.78, 5) is 0. The molecule has 1 aromatic carbocycles. The molecule has 0 spiro atoms. The fraction of sp³-hybridized carbons (Fsp3) is 0.529. The molecular weight excluding hydrogens is 308 g/mol. The van der Waals surface area contributed by atoms with Gasteiger partial charge in [0.2, 0.25) is 0 Å². The van der Waals surface area contributed by atoms with Crippen molar-refractivity contribution in [2.24, 2.45) is 0 Å². The van der Waals surface area contributed by atoms with Crippen LogP contribution in [0.2, 0.25) is 0 Å². The Morgan fingerprint density at radius 3 is 2.88 bits per heavy atom. The molecule has 3 heterocycles. The molecule has 2 aromatic rings. The van der Waals surface area contributed by atoms with E-state index in [0.717, 1.165) is 12.2 Å². The van der Waals surface area contributed by atoms with E-state index in [9.17, 15) is 0 Å². The van der Waals surface area contributed by atoms with Crippen molar-refractivity contribution in [2.45, 2.75) is 37.4 Å². The summed E-state index contributed by atoms with van der Waals surface area (Å²) in [7, 11) is 1.65. The molecule has 1 aromatic heterocycles. The molecule has 1 N–H and O–H groups in total. The molecule has 7 nitrogen and oxygen atoms in total. The van der Waals surface area contributed by atoms with Gasteiger partial charge in [-0.15, -0.1) is 5.10 Å². The van der Waals surface area contributed by atoms with E-state index in [2.05, 4.69) is 39.9 Å². The third-order valence-electron chi connectivity index (χ3n) is 4.63. The zero-order chi connectivity index (χ0) is 16.4. The van der Waals surface area contributed by atoms with Gasteiger partial charge < -0.3 is 19.5 Å². The number of hydrogen-bond donors (Lipinski definition) is 1. The van der Waals surface area contributed by atoms with Gasteiger partial charge in [0.05, 0.1) is 32.1 Å². The highest BCUT2D eigenvalue weighted by Crippen LogP contribution is 2.34. The quantitative estimate of drug-likeness (QED) is 0.849. The molecule has 128 valence electrons. The number of ether oxygens (including phenoxy) is 3. The zero-order valence-corrected chi connectivity index (χ0v) is 13.7. The summed E-state index contributed by atoms with van der Waals surface area (Å²) in [5, 5.41) is 11.9. The normalized spacial score (nSPS) is 29.0. The average Bonchev–Trinajstić information content (AvgIpc) is 3.31. The summed E-state index contributed by atoms with van der Waals surface area (Å²) < 4.78 is 19.0. The zero-order valence-electron chi connectivity index (χ0n) is 13.7. The predicted octanol–water partition coefficient (Wildman–Crippen LogP) is 0.922. The first-order valence-corrected chi connectivity index (χ1v) is 8.25. The fourth-order valence-corrected chi connectivity index (χ4v) is 3.42. The molecule has 0 radical (unpaired) electrons. The molecule has 0 aliphatic carbocycles. The molecule has 7 heteroatoms. The Bertz CT molecular complexity index is 663. The van der Waals surface area contributed by atoms with E-state index in [1.807, 2.05) is 16.9 Å². The summed E-state index contributed by atoms with van der Waals surface area (Å²) >= 11 is 0. The Morgan fingerprint density at radius 1 is 1.21 bits per heavy atom. The van der Waals surface area contributed by atoms with Gasteiger partial charge in [-0.3, -0.25) is 0 Å². The third kappa shape index (κ3) is 3.08. The van der Waals surface area contributed by atoms with Crippen LogP contribution in [0.15, 0.2) is 36.5 Å². The minimum absolute atomic E-state index is 0.00960. The smallest absolute Gasteiger partial charge is 0.110 e. The summed E-state index contributed by atoms with van der Waals surface area (Å²) in [5.74, 6) is 0. The SMILES string of the molecule is COCc1cn([C@@H]2CO[C@@H]3[C@@H]2OC[C@@H]3NCc2ccccc2)nn1. The van der Waals surface area contributed by atoms with Crippen molar-refractivity contribution in [1.29, 1.82) is 0 Å². The highest BCUT2D eigenvalue weighted by molar-refractivity contribution is 5.14. The second-order valence-electron chi connectivity index (χ2n) is 6.26. The lowest BCUT2D eigenvalue weighted by molar-refractivity contribution is 0.0619. The predicted molar refractivity (Wildman–Crippen MR) is 86.3 cm³/mol. The molecule has 0 bridgehead atoms. The molecule has 2 aliphatic heterocycles. The monoisotopic (exact) mass is 330 g/mol. The number of rotatable bonds is 6. The fourth-order valence-electron chi connectivity index (χ4n) is 3.42. The molecule has 4 rings (SSSR count). The molecule has 0 unspecified atom stereocenters. The van der Waals surface area contributed by atoms with Crippen LogP contribution in [0.3, 0.4) is 0 Å². The van der Waals surface area contributed by atoms with Crippen molar-refractivity contribution in [3.8, 4) is 0 Å². The van der Waals surface area contributed by atoms with Crippen molar-refractivity contribution < 1.29 is 14.2 Å². The number of aromatic nitrogens is 3. The second kappa shape index (κ2) is 6.98. The molecule has 0 saturated carbocycles. The number of nitrogens with one attached hydrogen (secondary N) is 1. The Morgan fingerprint density at radius 2 is 2.04 bits per heavy atom. The van der Waals surface area contributed by atoms with Crippen LogP contribution < -0.4 is 5.32 Å². The summed E-state index contributed by atoms with van der Waals surface area (Å²) in [6, 6.07) is 10.6. The number of nitrogens with zero attached hydrogens (tertiary/aromatic N) is 3. The Labute approximate surface area is 140 Å². The lowest BCUT2D eigenvalue weighted by Gasteiger charge is -2.17. The van der Waals surface area contributed by atoms with E-state index in [1.54, 1.807) is 7.11 Å². The van der Waals surface area contributed by atoms with E-state index in [4.69, 9.17) is 14.2 Å². The van der Waals surface area contributed by atoms with Crippen molar-refractivity contribution in [3.05, 3.63) is 47.8 Å². The minimum Gasteiger partial charge on any atom is -0.378 e.